The fourth-order valence-electron chi connectivity index (χ4n) is 0.349. The molecule has 0 saturated heterocycles. The van der Waals surface area contributed by atoms with Crippen LogP contribution in [0.1, 0.15) is 6.92 Å². The molecule has 1 rings (SSSR count). The number of nitro groups is 1. The second kappa shape index (κ2) is 5.36. The Morgan fingerprint density at radius 3 is 2.55 bits per heavy atom. The molecule has 1 aromatic heterocycles. The van der Waals surface area contributed by atoms with E-state index in [9.17, 15) is 10.1 Å². The smallest absolute Gasteiger partial charge is 0.170 e. The molecule has 0 unspecified atom stereocenters. The second-order valence-corrected chi connectivity index (χ2v) is 1.50. The molecular formula is C5H9N3O3. The Hall–Kier alpha value is -1.43. The molecule has 6 nitrogen and oxygen atoms in total. The normalized spacial score (nSPS) is 8.18. The summed E-state index contributed by atoms with van der Waals surface area (Å²) >= 11 is 0. The fourth-order valence-corrected chi connectivity index (χ4v) is 0.349. The van der Waals surface area contributed by atoms with Crippen molar-refractivity contribution in [3.05, 3.63) is 28.8 Å². The van der Waals surface area contributed by atoms with Crippen molar-refractivity contribution < 1.29 is 10.1 Å². The predicted octanol–water partition coefficient (Wildman–Crippen LogP) is -0.0785. The summed E-state index contributed by atoms with van der Waals surface area (Å²) < 4.78 is 0.778. The van der Waals surface area contributed by atoms with E-state index >= 15 is 0 Å². The van der Waals surface area contributed by atoms with Crippen LogP contribution in [0.3, 0.4) is 0 Å². The van der Waals surface area contributed by atoms with E-state index in [1.165, 1.54) is 12.4 Å². The molecule has 0 atom stereocenters. The highest BCUT2D eigenvalue weighted by Gasteiger charge is 1.94. The SMILES string of the molecule is CCO.O=[N+]([O-])n1ccnc1. The highest BCUT2D eigenvalue weighted by molar-refractivity contribution is 4.68. The Morgan fingerprint density at radius 1 is 1.82 bits per heavy atom. The number of aromatic nitrogens is 2. The van der Waals surface area contributed by atoms with Gasteiger partial charge in [-0.2, -0.15) is 0 Å². The lowest BCUT2D eigenvalue weighted by Crippen LogP contribution is -2.04. The highest BCUT2D eigenvalue weighted by atomic mass is 16.7. The van der Waals surface area contributed by atoms with Crippen LogP contribution in [0, 0.1) is 10.1 Å². The molecule has 0 radical (unpaired) electrons. The minimum absolute atomic E-state index is 0.250. The third kappa shape index (κ3) is 4.04. The maximum absolute atomic E-state index is 9.79. The lowest BCUT2D eigenvalue weighted by Gasteiger charge is -1.81. The largest absolute Gasteiger partial charge is 0.397 e. The van der Waals surface area contributed by atoms with Gasteiger partial charge in [0.15, 0.2) is 11.4 Å². The molecule has 0 fully saturated rings. The van der Waals surface area contributed by atoms with E-state index in [1.807, 2.05) is 0 Å². The molecule has 0 saturated carbocycles. The number of aliphatic hydroxyl groups is 1. The van der Waals surface area contributed by atoms with Crippen LogP contribution < -0.4 is 0 Å². The summed E-state index contributed by atoms with van der Waals surface area (Å²) in [5, 5.41) is 16.8. The van der Waals surface area contributed by atoms with E-state index < -0.39 is 5.03 Å². The second-order valence-electron chi connectivity index (χ2n) is 1.50. The van der Waals surface area contributed by atoms with E-state index in [0.29, 0.717) is 0 Å². The van der Waals surface area contributed by atoms with Gasteiger partial charge in [0.1, 0.15) is 0 Å². The Kier molecular flexibility index (Phi) is 4.67. The molecule has 0 aliphatic carbocycles. The number of imidazole rings is 1. The van der Waals surface area contributed by atoms with Gasteiger partial charge in [-0.15, -0.1) is 0 Å². The van der Waals surface area contributed by atoms with Gasteiger partial charge in [-0.25, -0.2) is 15.1 Å². The first-order chi connectivity index (χ1) is 5.22. The minimum atomic E-state index is -0.562. The van der Waals surface area contributed by atoms with Crippen LogP contribution in [0.2, 0.25) is 0 Å². The van der Waals surface area contributed by atoms with E-state index in [2.05, 4.69) is 4.98 Å². The molecule has 0 bridgehead atoms. The van der Waals surface area contributed by atoms with Gasteiger partial charge in [0.05, 0.1) is 12.4 Å². The monoisotopic (exact) mass is 159 g/mol. The van der Waals surface area contributed by atoms with Gasteiger partial charge in [-0.3, -0.25) is 0 Å². The molecule has 1 aromatic rings. The van der Waals surface area contributed by atoms with Crippen molar-refractivity contribution in [3.63, 3.8) is 0 Å². The van der Waals surface area contributed by atoms with E-state index in [-0.39, 0.29) is 6.61 Å². The Labute approximate surface area is 63.2 Å². The maximum atomic E-state index is 9.79. The van der Waals surface area contributed by atoms with E-state index in [4.69, 9.17) is 5.11 Å². The molecule has 11 heavy (non-hydrogen) atoms. The molecule has 1 N–H and O–H groups in total. The molecule has 0 aromatic carbocycles. The predicted molar refractivity (Wildman–Crippen MR) is 37.4 cm³/mol. The minimum Gasteiger partial charge on any atom is -0.397 e. The van der Waals surface area contributed by atoms with E-state index in [0.717, 1.165) is 11.0 Å². The lowest BCUT2D eigenvalue weighted by molar-refractivity contribution is -0.542. The zero-order valence-electron chi connectivity index (χ0n) is 6.04. The number of nitrogens with zero attached hydrogens (tertiary/aromatic N) is 3. The van der Waals surface area contributed by atoms with Crippen LogP contribution in [0.25, 0.3) is 0 Å². The average Bonchev–Trinajstić information content (AvgIpc) is 2.38. The topological polar surface area (TPSA) is 81.2 Å². The van der Waals surface area contributed by atoms with E-state index in [1.54, 1.807) is 6.92 Å². The average molecular weight is 159 g/mol. The zero-order valence-corrected chi connectivity index (χ0v) is 6.04. The van der Waals surface area contributed by atoms with Crippen LogP contribution in [0.5, 0.6) is 0 Å². The standard InChI is InChI=1S/C3H3N3O2.C2H6O/c7-6(8)5-2-1-4-3-5;1-2-3/h1-3H;3H,2H2,1H3. The molecular weight excluding hydrogens is 150 g/mol. The molecule has 0 spiro atoms. The van der Waals surface area contributed by atoms with Crippen molar-refractivity contribution >= 4 is 0 Å². The summed E-state index contributed by atoms with van der Waals surface area (Å²) in [7, 11) is 0. The Bertz CT molecular complexity index is 197. The summed E-state index contributed by atoms with van der Waals surface area (Å²) in [5.41, 5.74) is 0. The van der Waals surface area contributed by atoms with Crippen LogP contribution in [-0.4, -0.2) is 26.4 Å². The van der Waals surface area contributed by atoms with Crippen molar-refractivity contribution in [2.24, 2.45) is 0 Å². The van der Waals surface area contributed by atoms with Gasteiger partial charge >= 0.3 is 0 Å². The van der Waals surface area contributed by atoms with Gasteiger partial charge in [0, 0.05) is 6.61 Å². The van der Waals surface area contributed by atoms with Gasteiger partial charge < -0.3 is 5.11 Å². The van der Waals surface area contributed by atoms with Crippen LogP contribution in [0.15, 0.2) is 18.7 Å². The van der Waals surface area contributed by atoms with Crippen LogP contribution in [0.4, 0.5) is 0 Å². The first-order valence-corrected chi connectivity index (χ1v) is 2.95. The summed E-state index contributed by atoms with van der Waals surface area (Å²) in [5.74, 6) is 0. The third-order valence-electron chi connectivity index (χ3n) is 0.679. The fraction of sp³-hybridized carbons (Fsp3) is 0.400. The zero-order chi connectivity index (χ0) is 8.69. The summed E-state index contributed by atoms with van der Waals surface area (Å²) in [4.78, 5) is 13.3. The van der Waals surface area contributed by atoms with Crippen molar-refractivity contribution in [3.8, 4) is 0 Å². The molecule has 62 valence electrons. The van der Waals surface area contributed by atoms with Gasteiger partial charge in [0.25, 0.3) is 0 Å². The number of rotatable bonds is 1. The lowest BCUT2D eigenvalue weighted by atomic mass is 10.9. The number of hydrogen-bond acceptors (Lipinski definition) is 4. The van der Waals surface area contributed by atoms with Crippen LogP contribution in [-0.2, 0) is 0 Å². The molecule has 0 aliphatic heterocycles. The van der Waals surface area contributed by atoms with Crippen LogP contribution >= 0.6 is 0 Å². The summed E-state index contributed by atoms with van der Waals surface area (Å²) in [6, 6.07) is 0. The number of aliphatic hydroxyl groups excluding tert-OH is 1. The first kappa shape index (κ1) is 9.57. The number of hydrogen-bond donors (Lipinski definition) is 1. The molecule has 6 heteroatoms. The third-order valence-corrected chi connectivity index (χ3v) is 0.679. The Balaban J connectivity index is 0.000000292. The van der Waals surface area contributed by atoms with Gasteiger partial charge in [-0.05, 0) is 6.92 Å². The highest BCUT2D eigenvalue weighted by Crippen LogP contribution is 1.80. The summed E-state index contributed by atoms with van der Waals surface area (Å²) in [6.07, 6.45) is 3.74. The molecule has 1 heterocycles. The van der Waals surface area contributed by atoms with Crippen molar-refractivity contribution in [1.29, 1.82) is 0 Å². The molecule has 0 aliphatic rings. The van der Waals surface area contributed by atoms with Crippen molar-refractivity contribution in [1.82, 2.24) is 9.66 Å². The van der Waals surface area contributed by atoms with Gasteiger partial charge in [0.2, 0.25) is 0 Å². The molecule has 0 amide bonds. The Morgan fingerprint density at radius 2 is 2.36 bits per heavy atom. The quantitative estimate of drug-likeness (QED) is 0.459. The van der Waals surface area contributed by atoms with Crippen molar-refractivity contribution in [2.75, 3.05) is 6.61 Å². The first-order valence-electron chi connectivity index (χ1n) is 2.95. The maximum Gasteiger partial charge on any atom is 0.170 e. The van der Waals surface area contributed by atoms with Crippen molar-refractivity contribution in [2.45, 2.75) is 6.92 Å². The van der Waals surface area contributed by atoms with Gasteiger partial charge in [-0.1, -0.05) is 4.68 Å². The summed E-state index contributed by atoms with van der Waals surface area (Å²) in [6.45, 7) is 1.93.